The number of imidazole rings is 2. The van der Waals surface area contributed by atoms with Gasteiger partial charge < -0.3 is 4.57 Å². The van der Waals surface area contributed by atoms with Gasteiger partial charge in [-0.05, 0) is 26.3 Å². The fraction of sp³-hybridized carbons (Fsp3) is 0.286. The Balaban J connectivity index is 2.07. The van der Waals surface area contributed by atoms with Crippen molar-refractivity contribution < 1.29 is 0 Å². The van der Waals surface area contributed by atoms with Gasteiger partial charge in [0.15, 0.2) is 11.2 Å². The highest BCUT2D eigenvalue weighted by atomic mass is 16.2. The zero-order valence-corrected chi connectivity index (χ0v) is 16.6. The molecule has 3 aromatic heterocycles. The molecule has 7 heteroatoms. The van der Waals surface area contributed by atoms with Crippen LogP contribution < -0.4 is 11.2 Å². The number of benzene rings is 1. The van der Waals surface area contributed by atoms with E-state index >= 15 is 0 Å². The van der Waals surface area contributed by atoms with Crippen LogP contribution in [0, 0.1) is 20.8 Å². The van der Waals surface area contributed by atoms with Crippen molar-refractivity contribution in [1.82, 2.24) is 23.1 Å². The molecule has 1 aromatic carbocycles. The fourth-order valence-corrected chi connectivity index (χ4v) is 3.80. The van der Waals surface area contributed by atoms with E-state index in [1.165, 1.54) is 9.13 Å². The average molecular weight is 377 g/mol. The number of fused-ring (bicyclic) bond motifs is 3. The van der Waals surface area contributed by atoms with Crippen LogP contribution in [0.4, 0.5) is 0 Å². The topological polar surface area (TPSA) is 66.2 Å². The van der Waals surface area contributed by atoms with Gasteiger partial charge in [-0.2, -0.15) is 4.98 Å². The van der Waals surface area contributed by atoms with Gasteiger partial charge in [0, 0.05) is 25.0 Å². The van der Waals surface area contributed by atoms with Crippen LogP contribution in [0.15, 0.2) is 46.5 Å². The van der Waals surface area contributed by atoms with E-state index in [1.807, 2.05) is 54.0 Å². The second-order valence-corrected chi connectivity index (χ2v) is 7.21. The molecule has 0 N–H and O–H groups in total. The average Bonchev–Trinajstić information content (AvgIpc) is 3.16. The number of rotatable bonds is 4. The lowest BCUT2D eigenvalue weighted by atomic mass is 10.1. The van der Waals surface area contributed by atoms with Crippen LogP contribution in [0.1, 0.15) is 22.5 Å². The van der Waals surface area contributed by atoms with Gasteiger partial charge >= 0.3 is 5.69 Å². The second kappa shape index (κ2) is 6.37. The standard InChI is InChI=1S/C21H23N5O2/c1-6-10-24-14(3)15(4)26-17-18(22-20(24)26)23(5)21(28)25(19(17)27)12-16-9-7-8-13(2)11-16/h6-9,11H,1,10,12H2,2-5H3. The summed E-state index contributed by atoms with van der Waals surface area (Å²) in [6.45, 7) is 10.5. The minimum atomic E-state index is -0.371. The lowest BCUT2D eigenvalue weighted by Crippen LogP contribution is -2.39. The van der Waals surface area contributed by atoms with Gasteiger partial charge in [0.1, 0.15) is 0 Å². The van der Waals surface area contributed by atoms with E-state index in [1.54, 1.807) is 13.1 Å². The van der Waals surface area contributed by atoms with Crippen LogP contribution in [-0.2, 0) is 20.1 Å². The molecule has 0 bridgehead atoms. The SMILES string of the molecule is C=CCn1c(C)c(C)n2c3c(=O)n(Cc4cccc(C)c4)c(=O)n(C)c3nc12. The molecule has 0 fully saturated rings. The van der Waals surface area contributed by atoms with Crippen molar-refractivity contribution in [2.75, 3.05) is 0 Å². The molecule has 0 saturated heterocycles. The smallest absolute Gasteiger partial charge is 0.310 e. The maximum atomic E-state index is 13.4. The summed E-state index contributed by atoms with van der Waals surface area (Å²) in [4.78, 5) is 30.9. The first-order chi connectivity index (χ1) is 13.3. The number of allylic oxidation sites excluding steroid dienone is 1. The monoisotopic (exact) mass is 377 g/mol. The normalized spacial score (nSPS) is 11.6. The van der Waals surface area contributed by atoms with Crippen LogP contribution in [0.2, 0.25) is 0 Å². The van der Waals surface area contributed by atoms with Gasteiger partial charge in [-0.15, -0.1) is 6.58 Å². The summed E-state index contributed by atoms with van der Waals surface area (Å²) >= 11 is 0. The molecule has 3 heterocycles. The molecule has 0 unspecified atom stereocenters. The van der Waals surface area contributed by atoms with Gasteiger partial charge in [0.25, 0.3) is 5.56 Å². The molecule has 4 aromatic rings. The molecule has 0 spiro atoms. The summed E-state index contributed by atoms with van der Waals surface area (Å²) < 4.78 is 6.58. The van der Waals surface area contributed by atoms with E-state index in [4.69, 9.17) is 0 Å². The first-order valence-corrected chi connectivity index (χ1v) is 9.19. The van der Waals surface area contributed by atoms with Crippen LogP contribution in [0.3, 0.4) is 0 Å². The van der Waals surface area contributed by atoms with Crippen molar-refractivity contribution in [2.45, 2.75) is 33.9 Å². The Morgan fingerprint density at radius 1 is 1.11 bits per heavy atom. The van der Waals surface area contributed by atoms with Crippen molar-refractivity contribution in [3.05, 3.63) is 80.3 Å². The van der Waals surface area contributed by atoms with Crippen LogP contribution >= 0.6 is 0 Å². The fourth-order valence-electron chi connectivity index (χ4n) is 3.80. The zero-order valence-electron chi connectivity index (χ0n) is 16.6. The second-order valence-electron chi connectivity index (χ2n) is 7.21. The summed E-state index contributed by atoms with van der Waals surface area (Å²) in [5, 5.41) is 0. The van der Waals surface area contributed by atoms with Gasteiger partial charge in [-0.3, -0.25) is 18.3 Å². The third-order valence-corrected chi connectivity index (χ3v) is 5.36. The van der Waals surface area contributed by atoms with E-state index in [0.29, 0.717) is 23.5 Å². The predicted octanol–water partition coefficient (Wildman–Crippen LogP) is 2.31. The number of hydrogen-bond acceptors (Lipinski definition) is 3. The molecule has 0 atom stereocenters. The van der Waals surface area contributed by atoms with Crippen molar-refractivity contribution >= 4 is 16.9 Å². The number of aryl methyl sites for hydroxylation is 3. The Kier molecular flexibility index (Phi) is 4.10. The van der Waals surface area contributed by atoms with E-state index in [0.717, 1.165) is 22.5 Å². The summed E-state index contributed by atoms with van der Waals surface area (Å²) in [7, 11) is 1.66. The molecule has 28 heavy (non-hydrogen) atoms. The number of nitrogens with zero attached hydrogens (tertiary/aromatic N) is 5. The predicted molar refractivity (Wildman–Crippen MR) is 110 cm³/mol. The Labute approximate surface area is 161 Å². The van der Waals surface area contributed by atoms with Crippen molar-refractivity contribution in [3.8, 4) is 0 Å². The Morgan fingerprint density at radius 3 is 2.54 bits per heavy atom. The Morgan fingerprint density at radius 2 is 1.86 bits per heavy atom. The van der Waals surface area contributed by atoms with Crippen LogP contribution in [0.5, 0.6) is 0 Å². The van der Waals surface area contributed by atoms with Crippen LogP contribution in [0.25, 0.3) is 16.9 Å². The largest absolute Gasteiger partial charge is 0.332 e. The number of hydrogen-bond donors (Lipinski definition) is 0. The highest BCUT2D eigenvalue weighted by Crippen LogP contribution is 2.20. The van der Waals surface area contributed by atoms with E-state index < -0.39 is 0 Å². The molecule has 0 aliphatic heterocycles. The maximum Gasteiger partial charge on any atom is 0.332 e. The van der Waals surface area contributed by atoms with E-state index in [9.17, 15) is 9.59 Å². The molecule has 0 saturated carbocycles. The van der Waals surface area contributed by atoms with E-state index in [-0.39, 0.29) is 17.8 Å². The number of aromatic nitrogens is 5. The molecule has 0 aliphatic rings. The molecule has 144 valence electrons. The lowest BCUT2D eigenvalue weighted by molar-refractivity contribution is 0.656. The molecule has 4 rings (SSSR count). The Hall–Kier alpha value is -3.35. The third kappa shape index (κ3) is 2.46. The van der Waals surface area contributed by atoms with Gasteiger partial charge in [-0.25, -0.2) is 4.79 Å². The van der Waals surface area contributed by atoms with Gasteiger partial charge in [-0.1, -0.05) is 35.9 Å². The molecule has 0 aliphatic carbocycles. The quantitative estimate of drug-likeness (QED) is 0.513. The minimum absolute atomic E-state index is 0.224. The summed E-state index contributed by atoms with van der Waals surface area (Å²) in [6.07, 6.45) is 1.79. The minimum Gasteiger partial charge on any atom is -0.310 e. The first kappa shape index (κ1) is 18.0. The van der Waals surface area contributed by atoms with Crippen molar-refractivity contribution in [2.24, 2.45) is 7.05 Å². The Bertz CT molecular complexity index is 1360. The highest BCUT2D eigenvalue weighted by Gasteiger charge is 2.22. The highest BCUT2D eigenvalue weighted by molar-refractivity contribution is 5.76. The zero-order chi connectivity index (χ0) is 20.2. The lowest BCUT2D eigenvalue weighted by Gasteiger charge is -2.09. The van der Waals surface area contributed by atoms with E-state index in [2.05, 4.69) is 11.6 Å². The van der Waals surface area contributed by atoms with Crippen LogP contribution in [-0.4, -0.2) is 23.1 Å². The van der Waals surface area contributed by atoms with Gasteiger partial charge in [0.2, 0.25) is 5.78 Å². The molecular formula is C21H23N5O2. The maximum absolute atomic E-state index is 13.4. The van der Waals surface area contributed by atoms with Crippen molar-refractivity contribution in [1.29, 1.82) is 0 Å². The third-order valence-electron chi connectivity index (χ3n) is 5.36. The van der Waals surface area contributed by atoms with Gasteiger partial charge in [0.05, 0.1) is 6.54 Å². The molecular weight excluding hydrogens is 354 g/mol. The molecule has 0 amide bonds. The molecule has 0 radical (unpaired) electrons. The summed E-state index contributed by atoms with van der Waals surface area (Å²) in [6, 6.07) is 7.82. The first-order valence-electron chi connectivity index (χ1n) is 9.19. The molecule has 7 nitrogen and oxygen atoms in total. The van der Waals surface area contributed by atoms with Crippen molar-refractivity contribution in [3.63, 3.8) is 0 Å². The summed E-state index contributed by atoms with van der Waals surface area (Å²) in [5.41, 5.74) is 4.06. The summed E-state index contributed by atoms with van der Waals surface area (Å²) in [5.74, 6) is 0.644.